The molecule has 0 atom stereocenters. The molecule has 0 aliphatic carbocycles. The molecule has 176 valence electrons. The van der Waals surface area contributed by atoms with Crippen LogP contribution in [0.15, 0.2) is 36.4 Å². The second-order valence-electron chi connectivity index (χ2n) is 9.23. The summed E-state index contributed by atoms with van der Waals surface area (Å²) in [6.45, 7) is 7.53. The lowest BCUT2D eigenvalue weighted by atomic mass is 9.91. The van der Waals surface area contributed by atoms with Gasteiger partial charge in [0.15, 0.2) is 11.3 Å². The summed E-state index contributed by atoms with van der Waals surface area (Å²) in [5.41, 5.74) is -0.824. The number of halogens is 4. The van der Waals surface area contributed by atoms with Crippen molar-refractivity contribution in [1.82, 2.24) is 24.4 Å². The van der Waals surface area contributed by atoms with Crippen LogP contribution < -0.4 is 0 Å². The third kappa shape index (κ3) is 4.85. The van der Waals surface area contributed by atoms with Gasteiger partial charge in [0.2, 0.25) is 0 Å². The first-order valence-electron chi connectivity index (χ1n) is 10.7. The molecule has 1 saturated heterocycles. The number of carbonyl (C=O) groups excluding carboxylic acids is 1. The first-order chi connectivity index (χ1) is 15.4. The van der Waals surface area contributed by atoms with Crippen LogP contribution >= 0.6 is 0 Å². The number of amides is 1. The van der Waals surface area contributed by atoms with Gasteiger partial charge in [-0.1, -0.05) is 39.0 Å². The lowest BCUT2D eigenvalue weighted by molar-refractivity contribution is -0.142. The Labute approximate surface area is 188 Å². The first kappa shape index (κ1) is 23.2. The Morgan fingerprint density at radius 2 is 1.70 bits per heavy atom. The van der Waals surface area contributed by atoms with E-state index in [0.717, 1.165) is 6.07 Å². The molecule has 0 unspecified atom stereocenters. The number of fused-ring (bicyclic) bond motifs is 1. The standard InChI is InChI=1S/C23H25F4N5O/c1-22(2,3)18-13-19(23(25,26)27)32-20(28-18)12-17(29-32)21(33)31-10-8-30(9-11-31)14-15-6-4-5-7-16(15)24/h4-7,12-13H,8-11,14H2,1-3H3. The minimum absolute atomic E-state index is 0.0173. The molecule has 1 aromatic carbocycles. The third-order valence-electron chi connectivity index (χ3n) is 5.72. The molecule has 1 aliphatic heterocycles. The lowest BCUT2D eigenvalue weighted by Gasteiger charge is -2.34. The molecule has 3 aromatic rings. The average molecular weight is 463 g/mol. The van der Waals surface area contributed by atoms with Crippen LogP contribution in [-0.2, 0) is 18.1 Å². The van der Waals surface area contributed by atoms with Crippen LogP contribution in [0.4, 0.5) is 17.6 Å². The van der Waals surface area contributed by atoms with Gasteiger partial charge in [-0.15, -0.1) is 0 Å². The zero-order valence-electron chi connectivity index (χ0n) is 18.7. The van der Waals surface area contributed by atoms with Crippen molar-refractivity contribution in [2.24, 2.45) is 0 Å². The van der Waals surface area contributed by atoms with Crippen LogP contribution in [0.1, 0.15) is 48.2 Å². The molecule has 6 nitrogen and oxygen atoms in total. The Kier molecular flexibility index (Phi) is 5.90. The summed E-state index contributed by atoms with van der Waals surface area (Å²) in [7, 11) is 0. The third-order valence-corrected chi connectivity index (χ3v) is 5.72. The molecular weight excluding hydrogens is 438 g/mol. The van der Waals surface area contributed by atoms with Gasteiger partial charge in [-0.05, 0) is 12.1 Å². The van der Waals surface area contributed by atoms with E-state index in [0.29, 0.717) is 42.8 Å². The van der Waals surface area contributed by atoms with Crippen LogP contribution in [-0.4, -0.2) is 56.5 Å². The fraction of sp³-hybridized carbons (Fsp3) is 0.435. The summed E-state index contributed by atoms with van der Waals surface area (Å²) >= 11 is 0. The summed E-state index contributed by atoms with van der Waals surface area (Å²) in [5, 5.41) is 3.96. The topological polar surface area (TPSA) is 53.7 Å². The molecule has 0 bridgehead atoms. The minimum atomic E-state index is -4.65. The summed E-state index contributed by atoms with van der Waals surface area (Å²) in [4.78, 5) is 20.9. The summed E-state index contributed by atoms with van der Waals surface area (Å²) < 4.78 is 55.6. The normalized spacial score (nSPS) is 15.9. The van der Waals surface area contributed by atoms with Crippen LogP contribution in [0.5, 0.6) is 0 Å². The predicted molar refractivity (Wildman–Crippen MR) is 114 cm³/mol. The van der Waals surface area contributed by atoms with Crippen molar-refractivity contribution >= 4 is 11.6 Å². The molecule has 1 amide bonds. The molecule has 1 aliphatic rings. The molecule has 33 heavy (non-hydrogen) atoms. The highest BCUT2D eigenvalue weighted by Crippen LogP contribution is 2.32. The number of benzene rings is 1. The maximum absolute atomic E-state index is 13.9. The van der Waals surface area contributed by atoms with Crippen molar-refractivity contribution in [2.45, 2.75) is 38.9 Å². The molecule has 0 spiro atoms. The maximum atomic E-state index is 13.9. The monoisotopic (exact) mass is 463 g/mol. The molecular formula is C23H25F4N5O. The van der Waals surface area contributed by atoms with E-state index >= 15 is 0 Å². The van der Waals surface area contributed by atoms with E-state index in [1.165, 1.54) is 12.1 Å². The van der Waals surface area contributed by atoms with Gasteiger partial charge in [0, 0.05) is 49.8 Å². The second-order valence-corrected chi connectivity index (χ2v) is 9.23. The minimum Gasteiger partial charge on any atom is -0.335 e. The molecule has 2 aromatic heterocycles. The highest BCUT2D eigenvalue weighted by atomic mass is 19.4. The zero-order chi connectivity index (χ0) is 24.0. The zero-order valence-corrected chi connectivity index (χ0v) is 18.7. The smallest absolute Gasteiger partial charge is 0.335 e. The van der Waals surface area contributed by atoms with E-state index < -0.39 is 23.2 Å². The highest BCUT2D eigenvalue weighted by Gasteiger charge is 2.37. The van der Waals surface area contributed by atoms with Gasteiger partial charge in [0.25, 0.3) is 5.91 Å². The second kappa shape index (κ2) is 8.40. The number of rotatable bonds is 3. The van der Waals surface area contributed by atoms with Crippen molar-refractivity contribution < 1.29 is 22.4 Å². The van der Waals surface area contributed by atoms with Gasteiger partial charge in [0.05, 0.1) is 5.69 Å². The quantitative estimate of drug-likeness (QED) is 0.548. The van der Waals surface area contributed by atoms with Crippen molar-refractivity contribution in [3.8, 4) is 0 Å². The van der Waals surface area contributed by atoms with E-state index in [1.807, 2.05) is 4.90 Å². The molecule has 3 heterocycles. The Morgan fingerprint density at radius 1 is 1.03 bits per heavy atom. The van der Waals surface area contributed by atoms with Crippen molar-refractivity contribution in [3.63, 3.8) is 0 Å². The van der Waals surface area contributed by atoms with Gasteiger partial charge < -0.3 is 4.90 Å². The summed E-state index contributed by atoms with van der Waals surface area (Å²) in [5.74, 6) is -0.722. The fourth-order valence-corrected chi connectivity index (χ4v) is 3.80. The molecule has 0 N–H and O–H groups in total. The van der Waals surface area contributed by atoms with Crippen LogP contribution in [0.3, 0.4) is 0 Å². The Morgan fingerprint density at radius 3 is 2.30 bits per heavy atom. The van der Waals surface area contributed by atoms with Gasteiger partial charge in [-0.3, -0.25) is 9.69 Å². The lowest BCUT2D eigenvalue weighted by Crippen LogP contribution is -2.48. The van der Waals surface area contributed by atoms with Crippen LogP contribution in [0.25, 0.3) is 5.65 Å². The maximum Gasteiger partial charge on any atom is 0.433 e. The molecule has 1 fully saturated rings. The summed E-state index contributed by atoms with van der Waals surface area (Å²) in [6, 6.07) is 8.82. The number of hydrogen-bond acceptors (Lipinski definition) is 4. The van der Waals surface area contributed by atoms with E-state index in [4.69, 9.17) is 0 Å². The molecule has 10 heteroatoms. The van der Waals surface area contributed by atoms with Crippen molar-refractivity contribution in [1.29, 1.82) is 0 Å². The van der Waals surface area contributed by atoms with Crippen LogP contribution in [0.2, 0.25) is 0 Å². The number of piperazine rings is 1. The van der Waals surface area contributed by atoms with Gasteiger partial charge in [-0.25, -0.2) is 13.9 Å². The van der Waals surface area contributed by atoms with E-state index in [2.05, 4.69) is 10.1 Å². The average Bonchev–Trinajstić information content (AvgIpc) is 3.17. The van der Waals surface area contributed by atoms with E-state index in [1.54, 1.807) is 43.9 Å². The number of aromatic nitrogens is 3. The SMILES string of the molecule is CC(C)(C)c1cc(C(F)(F)F)n2nc(C(=O)N3CCN(Cc4ccccc4F)CC3)cc2n1. The van der Waals surface area contributed by atoms with Gasteiger partial charge in [-0.2, -0.15) is 18.3 Å². The Bertz CT molecular complexity index is 1170. The van der Waals surface area contributed by atoms with Gasteiger partial charge in [0.1, 0.15) is 11.5 Å². The van der Waals surface area contributed by atoms with Crippen LogP contribution in [0, 0.1) is 5.82 Å². The summed E-state index contributed by atoms with van der Waals surface area (Å²) in [6.07, 6.45) is -4.65. The van der Waals surface area contributed by atoms with Gasteiger partial charge >= 0.3 is 6.18 Å². The Hall–Kier alpha value is -3.01. The van der Waals surface area contributed by atoms with E-state index in [-0.39, 0.29) is 22.9 Å². The largest absolute Gasteiger partial charge is 0.433 e. The van der Waals surface area contributed by atoms with Crippen molar-refractivity contribution in [3.05, 3.63) is 64.9 Å². The number of carbonyl (C=O) groups is 1. The van der Waals surface area contributed by atoms with E-state index in [9.17, 15) is 22.4 Å². The molecule has 0 saturated carbocycles. The predicted octanol–water partition coefficient (Wildman–Crippen LogP) is 4.14. The molecule has 0 radical (unpaired) electrons. The molecule has 4 rings (SSSR count). The number of nitrogens with zero attached hydrogens (tertiary/aromatic N) is 5. The van der Waals surface area contributed by atoms with Crippen molar-refractivity contribution in [2.75, 3.05) is 26.2 Å². The fourth-order valence-electron chi connectivity index (χ4n) is 3.80. The first-order valence-corrected chi connectivity index (χ1v) is 10.7. The Balaban J connectivity index is 1.53. The number of hydrogen-bond donors (Lipinski definition) is 0. The highest BCUT2D eigenvalue weighted by molar-refractivity contribution is 5.93. The number of alkyl halides is 3.